The van der Waals surface area contributed by atoms with Crippen LogP contribution < -0.4 is 0 Å². The van der Waals surface area contributed by atoms with Crippen molar-refractivity contribution in [1.29, 1.82) is 5.26 Å². The number of nitriles is 1. The lowest BCUT2D eigenvalue weighted by Gasteiger charge is -2.26. The first-order valence-electron chi connectivity index (χ1n) is 6.18. The van der Waals surface area contributed by atoms with Crippen LogP contribution in [-0.4, -0.2) is 17.4 Å². The molecule has 0 amide bonds. The first-order valence-corrected chi connectivity index (χ1v) is 7.00. The molecule has 0 saturated heterocycles. The largest absolute Gasteiger partial charge is 0.441 e. The molecule has 0 atom stereocenters. The quantitative estimate of drug-likeness (QED) is 0.619. The van der Waals surface area contributed by atoms with Gasteiger partial charge in [-0.3, -0.25) is 4.79 Å². The van der Waals surface area contributed by atoms with Crippen LogP contribution in [0.15, 0.2) is 59.5 Å². The van der Waals surface area contributed by atoms with Gasteiger partial charge < -0.3 is 4.74 Å². The van der Waals surface area contributed by atoms with Gasteiger partial charge in [-0.1, -0.05) is 30.3 Å². The molecule has 0 unspecified atom stereocenters. The van der Waals surface area contributed by atoms with Crippen LogP contribution in [0.3, 0.4) is 0 Å². The van der Waals surface area contributed by atoms with E-state index in [1.54, 1.807) is 12.2 Å². The lowest BCUT2D eigenvalue weighted by atomic mass is 9.85. The number of benzene rings is 1. The fourth-order valence-corrected chi connectivity index (χ4v) is 2.98. The Labute approximate surface area is 125 Å². The topological polar surface area (TPSA) is 67.2 Å². The van der Waals surface area contributed by atoms with E-state index in [9.17, 15) is 9.59 Å². The molecular formula is C16H9NO3S. The molecule has 0 fully saturated rings. The highest BCUT2D eigenvalue weighted by Gasteiger charge is 2.46. The second-order valence-corrected chi connectivity index (χ2v) is 5.31. The summed E-state index contributed by atoms with van der Waals surface area (Å²) in [6.07, 6.45) is 5.85. The molecule has 5 heteroatoms. The van der Waals surface area contributed by atoms with Crippen LogP contribution in [-0.2, 0) is 14.3 Å². The summed E-state index contributed by atoms with van der Waals surface area (Å²) in [7, 11) is 0. The first-order chi connectivity index (χ1) is 10.2. The zero-order valence-corrected chi connectivity index (χ0v) is 11.6. The Morgan fingerprint density at radius 3 is 2.38 bits per heavy atom. The van der Waals surface area contributed by atoms with Crippen molar-refractivity contribution in [2.75, 3.05) is 0 Å². The number of thiocyanates is 1. The number of rotatable bonds is 2. The third kappa shape index (κ3) is 2.20. The molecule has 2 aliphatic rings. The second-order valence-electron chi connectivity index (χ2n) is 4.52. The fourth-order valence-electron chi connectivity index (χ4n) is 2.39. The SMILES string of the molecule is N#CSC1=C(c2ccccc2)C2(C=CC(=O)C=C2)OC1=O. The normalized spacial score (nSPS) is 19.0. The third-order valence-electron chi connectivity index (χ3n) is 3.27. The molecule has 3 rings (SSSR count). The number of hydrogen-bond donors (Lipinski definition) is 0. The predicted molar refractivity (Wildman–Crippen MR) is 78.7 cm³/mol. The Balaban J connectivity index is 2.22. The van der Waals surface area contributed by atoms with Crippen molar-refractivity contribution in [3.63, 3.8) is 0 Å². The maximum atomic E-state index is 12.1. The summed E-state index contributed by atoms with van der Waals surface area (Å²) in [5.74, 6) is -0.713. The zero-order chi connectivity index (χ0) is 14.9. The summed E-state index contributed by atoms with van der Waals surface area (Å²) in [4.78, 5) is 23.7. The van der Waals surface area contributed by atoms with Crippen molar-refractivity contribution in [3.05, 3.63) is 65.1 Å². The van der Waals surface area contributed by atoms with E-state index >= 15 is 0 Å². The van der Waals surface area contributed by atoms with Gasteiger partial charge in [0.05, 0.1) is 0 Å². The predicted octanol–water partition coefficient (Wildman–Crippen LogP) is 2.60. The van der Waals surface area contributed by atoms with Gasteiger partial charge in [-0.25, -0.2) is 4.79 Å². The summed E-state index contributed by atoms with van der Waals surface area (Å²) in [6.45, 7) is 0. The molecule has 1 spiro atoms. The fraction of sp³-hybridized carbons (Fsp3) is 0.0625. The number of thioether (sulfide) groups is 1. The van der Waals surface area contributed by atoms with Gasteiger partial charge >= 0.3 is 5.97 Å². The summed E-state index contributed by atoms with van der Waals surface area (Å²) in [6, 6.07) is 9.23. The van der Waals surface area contributed by atoms with Gasteiger partial charge in [0.15, 0.2) is 11.4 Å². The molecule has 21 heavy (non-hydrogen) atoms. The number of allylic oxidation sites excluding steroid dienone is 2. The van der Waals surface area contributed by atoms with E-state index in [2.05, 4.69) is 0 Å². The highest BCUT2D eigenvalue weighted by atomic mass is 32.2. The van der Waals surface area contributed by atoms with Gasteiger partial charge in [0.25, 0.3) is 0 Å². The van der Waals surface area contributed by atoms with Crippen molar-refractivity contribution in [2.24, 2.45) is 0 Å². The van der Waals surface area contributed by atoms with Crippen LogP contribution in [0.4, 0.5) is 0 Å². The minimum absolute atomic E-state index is 0.162. The van der Waals surface area contributed by atoms with E-state index in [0.29, 0.717) is 5.57 Å². The van der Waals surface area contributed by atoms with Gasteiger partial charge in [0.1, 0.15) is 10.3 Å². The molecule has 1 aromatic carbocycles. The number of esters is 1. The smallest absolute Gasteiger partial charge is 0.347 e. The molecule has 0 aromatic heterocycles. The minimum atomic E-state index is -1.11. The molecule has 0 radical (unpaired) electrons. The van der Waals surface area contributed by atoms with Gasteiger partial charge in [-0.2, -0.15) is 5.26 Å². The van der Waals surface area contributed by atoms with Crippen molar-refractivity contribution >= 4 is 29.1 Å². The van der Waals surface area contributed by atoms with E-state index in [-0.39, 0.29) is 10.7 Å². The Kier molecular flexibility index (Phi) is 3.24. The minimum Gasteiger partial charge on any atom is -0.441 e. The van der Waals surface area contributed by atoms with Crippen molar-refractivity contribution in [2.45, 2.75) is 5.60 Å². The average molecular weight is 295 g/mol. The standard InChI is InChI=1S/C16H9NO3S/c17-10-21-14-13(11-4-2-1-3-5-11)16(20-15(14)19)8-6-12(18)7-9-16/h1-9H. The molecule has 0 saturated carbocycles. The molecule has 1 aromatic rings. The number of carbonyl (C=O) groups is 2. The molecule has 4 nitrogen and oxygen atoms in total. The lowest BCUT2D eigenvalue weighted by Crippen LogP contribution is -2.28. The number of hydrogen-bond acceptors (Lipinski definition) is 5. The zero-order valence-electron chi connectivity index (χ0n) is 10.8. The van der Waals surface area contributed by atoms with Crippen LogP contribution in [0.2, 0.25) is 0 Å². The van der Waals surface area contributed by atoms with Crippen LogP contribution >= 0.6 is 11.8 Å². The maximum Gasteiger partial charge on any atom is 0.347 e. The van der Waals surface area contributed by atoms with E-state index in [4.69, 9.17) is 10.00 Å². The van der Waals surface area contributed by atoms with E-state index in [1.807, 2.05) is 35.7 Å². The number of nitrogens with zero attached hydrogens (tertiary/aromatic N) is 1. The van der Waals surface area contributed by atoms with E-state index < -0.39 is 11.6 Å². The summed E-state index contributed by atoms with van der Waals surface area (Å²) >= 11 is 0.776. The van der Waals surface area contributed by atoms with E-state index in [0.717, 1.165) is 17.3 Å². The van der Waals surface area contributed by atoms with Crippen LogP contribution in [0.5, 0.6) is 0 Å². The Bertz CT molecular complexity index is 737. The first kappa shape index (κ1) is 13.4. The van der Waals surface area contributed by atoms with Crippen LogP contribution in [0.25, 0.3) is 5.57 Å². The van der Waals surface area contributed by atoms with Crippen molar-refractivity contribution in [3.8, 4) is 5.40 Å². The monoisotopic (exact) mass is 295 g/mol. The summed E-state index contributed by atoms with van der Waals surface area (Å²) < 4.78 is 5.46. The molecule has 1 aliphatic carbocycles. The Morgan fingerprint density at radius 1 is 1.10 bits per heavy atom. The molecule has 1 aliphatic heterocycles. The third-order valence-corrected chi connectivity index (χ3v) is 3.93. The Hall–Kier alpha value is -2.58. The highest BCUT2D eigenvalue weighted by Crippen LogP contribution is 2.46. The van der Waals surface area contributed by atoms with Gasteiger partial charge in [0, 0.05) is 5.57 Å². The summed E-state index contributed by atoms with van der Waals surface area (Å²) in [5.41, 5.74) is 0.273. The van der Waals surface area contributed by atoms with Crippen molar-refractivity contribution < 1.29 is 14.3 Å². The summed E-state index contributed by atoms with van der Waals surface area (Å²) in [5, 5.41) is 10.8. The molecular weight excluding hydrogens is 286 g/mol. The Morgan fingerprint density at radius 2 is 1.76 bits per heavy atom. The van der Waals surface area contributed by atoms with Gasteiger partial charge in [0.2, 0.25) is 0 Å². The average Bonchev–Trinajstić information content (AvgIpc) is 2.76. The highest BCUT2D eigenvalue weighted by molar-refractivity contribution is 8.08. The maximum absolute atomic E-state index is 12.1. The molecule has 0 N–H and O–H groups in total. The van der Waals surface area contributed by atoms with E-state index in [1.165, 1.54) is 12.2 Å². The molecule has 0 bridgehead atoms. The molecule has 1 heterocycles. The number of ether oxygens (including phenoxy) is 1. The lowest BCUT2D eigenvalue weighted by molar-refractivity contribution is -0.140. The van der Waals surface area contributed by atoms with Crippen LogP contribution in [0.1, 0.15) is 5.56 Å². The molecule has 102 valence electrons. The van der Waals surface area contributed by atoms with Crippen LogP contribution in [0, 0.1) is 10.7 Å². The van der Waals surface area contributed by atoms with Gasteiger partial charge in [-0.05, 0) is 41.6 Å². The number of ketones is 1. The van der Waals surface area contributed by atoms with Crippen molar-refractivity contribution in [1.82, 2.24) is 0 Å². The van der Waals surface area contributed by atoms with Gasteiger partial charge in [-0.15, -0.1) is 0 Å². The second kappa shape index (κ2) is 5.08. The number of carbonyl (C=O) groups excluding carboxylic acids is 2.